The second-order valence-electron chi connectivity index (χ2n) is 5.49. The summed E-state index contributed by atoms with van der Waals surface area (Å²) in [5, 5.41) is 2.52. The number of benzene rings is 1. The zero-order chi connectivity index (χ0) is 17.0. The Hall–Kier alpha value is -0.960. The van der Waals surface area contributed by atoms with Crippen molar-refractivity contribution in [2.24, 2.45) is 0 Å². The summed E-state index contributed by atoms with van der Waals surface area (Å²) in [4.78, 5) is 3.63. The lowest BCUT2D eigenvalue weighted by atomic mass is 10.2. The molecule has 0 spiro atoms. The molecule has 0 unspecified atom stereocenters. The largest absolute Gasteiger partial charge is 0.379 e. The SMILES string of the molecule is O=S(=O)(NC[C@H](c1cccs1)N1CCOCC1)c1ccc(Cl)cc1. The molecule has 0 bridgehead atoms. The van der Waals surface area contributed by atoms with E-state index in [0.29, 0.717) is 24.8 Å². The Balaban J connectivity index is 1.74. The number of hydrogen-bond acceptors (Lipinski definition) is 5. The van der Waals surface area contributed by atoms with Gasteiger partial charge in [-0.1, -0.05) is 17.7 Å². The maximum absolute atomic E-state index is 12.5. The zero-order valence-electron chi connectivity index (χ0n) is 13.0. The molecule has 0 amide bonds. The topological polar surface area (TPSA) is 58.6 Å². The Morgan fingerprint density at radius 3 is 2.54 bits per heavy atom. The number of nitrogens with zero attached hydrogens (tertiary/aromatic N) is 1. The molecular weight excluding hydrogens is 368 g/mol. The molecule has 3 rings (SSSR count). The number of halogens is 1. The quantitative estimate of drug-likeness (QED) is 0.829. The van der Waals surface area contributed by atoms with E-state index >= 15 is 0 Å². The highest BCUT2D eigenvalue weighted by molar-refractivity contribution is 7.89. The maximum Gasteiger partial charge on any atom is 0.240 e. The van der Waals surface area contributed by atoms with Gasteiger partial charge in [0.15, 0.2) is 0 Å². The number of rotatable bonds is 6. The Morgan fingerprint density at radius 2 is 1.92 bits per heavy atom. The predicted molar refractivity (Wildman–Crippen MR) is 96.1 cm³/mol. The molecule has 1 aromatic carbocycles. The first kappa shape index (κ1) is 17.8. The van der Waals surface area contributed by atoms with Gasteiger partial charge in [0, 0.05) is 29.5 Å². The summed E-state index contributed by atoms with van der Waals surface area (Å²) in [6.07, 6.45) is 0. The summed E-state index contributed by atoms with van der Waals surface area (Å²) < 4.78 is 33.2. The summed E-state index contributed by atoms with van der Waals surface area (Å²) in [7, 11) is -3.56. The van der Waals surface area contributed by atoms with Crippen LogP contribution in [0, 0.1) is 0 Å². The van der Waals surface area contributed by atoms with Crippen LogP contribution in [0.15, 0.2) is 46.7 Å². The fourth-order valence-electron chi connectivity index (χ4n) is 2.67. The average Bonchev–Trinajstić information content (AvgIpc) is 3.11. The van der Waals surface area contributed by atoms with Gasteiger partial charge in [-0.15, -0.1) is 11.3 Å². The van der Waals surface area contributed by atoms with Crippen molar-refractivity contribution in [1.29, 1.82) is 0 Å². The van der Waals surface area contributed by atoms with E-state index in [-0.39, 0.29) is 10.9 Å². The van der Waals surface area contributed by atoms with Crippen LogP contribution in [-0.4, -0.2) is 46.2 Å². The molecule has 1 aliphatic rings. The van der Waals surface area contributed by atoms with Gasteiger partial charge in [-0.25, -0.2) is 13.1 Å². The molecule has 1 fully saturated rings. The Labute approximate surface area is 151 Å². The van der Waals surface area contributed by atoms with Crippen LogP contribution in [0.2, 0.25) is 5.02 Å². The van der Waals surface area contributed by atoms with E-state index < -0.39 is 10.0 Å². The van der Waals surface area contributed by atoms with Crippen LogP contribution < -0.4 is 4.72 Å². The molecule has 1 saturated heterocycles. The lowest BCUT2D eigenvalue weighted by molar-refractivity contribution is 0.0179. The molecule has 8 heteroatoms. The van der Waals surface area contributed by atoms with Crippen LogP contribution >= 0.6 is 22.9 Å². The van der Waals surface area contributed by atoms with Gasteiger partial charge in [-0.3, -0.25) is 4.90 Å². The van der Waals surface area contributed by atoms with E-state index in [4.69, 9.17) is 16.3 Å². The van der Waals surface area contributed by atoms with Gasteiger partial charge in [0.1, 0.15) is 0 Å². The summed E-state index contributed by atoms with van der Waals surface area (Å²) in [6.45, 7) is 3.26. The number of hydrogen-bond donors (Lipinski definition) is 1. The highest BCUT2D eigenvalue weighted by atomic mass is 35.5. The van der Waals surface area contributed by atoms with Crippen molar-refractivity contribution in [1.82, 2.24) is 9.62 Å². The van der Waals surface area contributed by atoms with Crippen LogP contribution in [0.4, 0.5) is 0 Å². The Bertz CT molecular complexity index is 742. The number of sulfonamides is 1. The van der Waals surface area contributed by atoms with Gasteiger partial charge >= 0.3 is 0 Å². The van der Waals surface area contributed by atoms with Crippen molar-refractivity contribution in [2.75, 3.05) is 32.8 Å². The highest BCUT2D eigenvalue weighted by Gasteiger charge is 2.25. The van der Waals surface area contributed by atoms with E-state index in [1.807, 2.05) is 17.5 Å². The number of ether oxygens (including phenoxy) is 1. The molecule has 0 radical (unpaired) electrons. The van der Waals surface area contributed by atoms with E-state index in [2.05, 4.69) is 9.62 Å². The smallest absolute Gasteiger partial charge is 0.240 e. The molecule has 1 atom stereocenters. The maximum atomic E-state index is 12.5. The number of thiophene rings is 1. The molecule has 2 aromatic rings. The third-order valence-electron chi connectivity index (χ3n) is 3.95. The highest BCUT2D eigenvalue weighted by Crippen LogP contribution is 2.26. The van der Waals surface area contributed by atoms with Crippen LogP contribution in [0.3, 0.4) is 0 Å². The lowest BCUT2D eigenvalue weighted by Crippen LogP contribution is -2.43. The molecule has 2 heterocycles. The van der Waals surface area contributed by atoms with Gasteiger partial charge in [0.2, 0.25) is 10.0 Å². The second-order valence-corrected chi connectivity index (χ2v) is 8.67. The summed E-state index contributed by atoms with van der Waals surface area (Å²) in [5.41, 5.74) is 0. The number of nitrogens with one attached hydrogen (secondary N) is 1. The first-order valence-electron chi connectivity index (χ1n) is 7.67. The van der Waals surface area contributed by atoms with Crippen LogP contribution in [0.5, 0.6) is 0 Å². The lowest BCUT2D eigenvalue weighted by Gasteiger charge is -2.34. The Kier molecular flexibility index (Phi) is 5.91. The van der Waals surface area contributed by atoms with Crippen LogP contribution in [0.1, 0.15) is 10.9 Å². The van der Waals surface area contributed by atoms with Gasteiger partial charge in [-0.05, 0) is 35.7 Å². The molecule has 5 nitrogen and oxygen atoms in total. The van der Waals surface area contributed by atoms with Crippen LogP contribution in [0.25, 0.3) is 0 Å². The van der Waals surface area contributed by atoms with Gasteiger partial charge in [0.25, 0.3) is 0 Å². The molecule has 0 aliphatic carbocycles. The molecule has 0 saturated carbocycles. The predicted octanol–water partition coefficient (Wildman–Crippen LogP) is 2.75. The minimum atomic E-state index is -3.56. The molecule has 1 N–H and O–H groups in total. The third-order valence-corrected chi connectivity index (χ3v) is 6.61. The van der Waals surface area contributed by atoms with Gasteiger partial charge < -0.3 is 4.74 Å². The minimum absolute atomic E-state index is 0.0102. The monoisotopic (exact) mass is 386 g/mol. The average molecular weight is 387 g/mol. The first-order chi connectivity index (χ1) is 11.6. The molecule has 24 heavy (non-hydrogen) atoms. The van der Waals surface area contributed by atoms with E-state index in [9.17, 15) is 8.42 Å². The van der Waals surface area contributed by atoms with Gasteiger partial charge in [0.05, 0.1) is 24.2 Å². The minimum Gasteiger partial charge on any atom is -0.379 e. The fourth-order valence-corrected chi connectivity index (χ4v) is 4.69. The molecule has 1 aliphatic heterocycles. The second kappa shape index (κ2) is 7.95. The number of morpholine rings is 1. The standard InChI is InChI=1S/C16H19ClN2O3S2/c17-13-3-5-14(6-4-13)24(20,21)18-12-15(16-2-1-11-23-16)19-7-9-22-10-8-19/h1-6,11,15,18H,7-10,12H2/t15-/m1/s1. The molecule has 1 aromatic heterocycles. The van der Waals surface area contributed by atoms with Crippen molar-refractivity contribution in [3.63, 3.8) is 0 Å². The summed E-state index contributed by atoms with van der Waals surface area (Å²) in [5.74, 6) is 0. The van der Waals surface area contributed by atoms with Crippen LogP contribution in [-0.2, 0) is 14.8 Å². The van der Waals surface area contributed by atoms with Crippen molar-refractivity contribution < 1.29 is 13.2 Å². The van der Waals surface area contributed by atoms with Gasteiger partial charge in [-0.2, -0.15) is 0 Å². The normalized spacial score (nSPS) is 17.7. The van der Waals surface area contributed by atoms with Crippen molar-refractivity contribution in [3.05, 3.63) is 51.7 Å². The van der Waals surface area contributed by atoms with Crippen molar-refractivity contribution >= 4 is 33.0 Å². The van der Waals surface area contributed by atoms with Crippen molar-refractivity contribution in [2.45, 2.75) is 10.9 Å². The van der Waals surface area contributed by atoms with E-state index in [0.717, 1.165) is 18.0 Å². The van der Waals surface area contributed by atoms with E-state index in [1.165, 1.54) is 12.1 Å². The Morgan fingerprint density at radius 1 is 1.21 bits per heavy atom. The third kappa shape index (κ3) is 4.36. The fraction of sp³-hybridized carbons (Fsp3) is 0.375. The zero-order valence-corrected chi connectivity index (χ0v) is 15.4. The molecule has 130 valence electrons. The molecular formula is C16H19ClN2O3S2. The first-order valence-corrected chi connectivity index (χ1v) is 10.4. The summed E-state index contributed by atoms with van der Waals surface area (Å²) in [6, 6.07) is 10.2. The summed E-state index contributed by atoms with van der Waals surface area (Å²) >= 11 is 7.46. The van der Waals surface area contributed by atoms with Crippen molar-refractivity contribution in [3.8, 4) is 0 Å². The van der Waals surface area contributed by atoms with E-state index in [1.54, 1.807) is 23.5 Å².